The molecule has 2 nitrogen and oxygen atoms in total. The Morgan fingerprint density at radius 2 is 2.00 bits per heavy atom. The number of anilines is 1. The topological polar surface area (TPSA) is 32.3 Å². The van der Waals surface area contributed by atoms with E-state index in [9.17, 15) is 5.11 Å². The lowest BCUT2D eigenvalue weighted by Gasteiger charge is -2.40. The minimum Gasteiger partial charge on any atom is -0.508 e. The number of phenols is 1. The van der Waals surface area contributed by atoms with Gasteiger partial charge in [0, 0.05) is 11.7 Å². The van der Waals surface area contributed by atoms with Gasteiger partial charge in [0.25, 0.3) is 0 Å². The third-order valence-electron chi connectivity index (χ3n) is 6.33. The van der Waals surface area contributed by atoms with E-state index in [0.29, 0.717) is 22.6 Å². The second-order valence-electron chi connectivity index (χ2n) is 7.31. The highest BCUT2D eigenvalue weighted by Gasteiger charge is 2.61. The third kappa shape index (κ3) is 1.69. The zero-order valence-corrected chi connectivity index (χ0v) is 12.5. The fourth-order valence-electron chi connectivity index (χ4n) is 4.37. The van der Waals surface area contributed by atoms with E-state index in [2.05, 4.69) is 32.2 Å². The Balaban J connectivity index is 1.84. The quantitative estimate of drug-likeness (QED) is 0.775. The molecule has 104 valence electrons. The van der Waals surface area contributed by atoms with E-state index in [-0.39, 0.29) is 0 Å². The van der Waals surface area contributed by atoms with Crippen LogP contribution in [0.15, 0.2) is 18.2 Å². The smallest absolute Gasteiger partial charge is 0.118 e. The highest BCUT2D eigenvalue weighted by molar-refractivity contribution is 5.51. The van der Waals surface area contributed by atoms with E-state index in [1.54, 1.807) is 6.07 Å². The molecule has 0 spiro atoms. The van der Waals surface area contributed by atoms with Crippen molar-refractivity contribution in [1.29, 1.82) is 0 Å². The second kappa shape index (κ2) is 3.91. The minimum atomic E-state index is 0.380. The van der Waals surface area contributed by atoms with Crippen molar-refractivity contribution >= 4 is 5.69 Å². The van der Waals surface area contributed by atoms with Crippen molar-refractivity contribution in [2.75, 3.05) is 5.32 Å². The van der Waals surface area contributed by atoms with Gasteiger partial charge in [-0.15, -0.1) is 0 Å². The van der Waals surface area contributed by atoms with Crippen LogP contribution in [0.25, 0.3) is 0 Å². The van der Waals surface area contributed by atoms with Crippen LogP contribution < -0.4 is 5.32 Å². The first-order valence-corrected chi connectivity index (χ1v) is 7.41. The Labute approximate surface area is 116 Å². The number of fused-ring (bicyclic) bond motifs is 2. The first-order valence-electron chi connectivity index (χ1n) is 7.41. The average Bonchev–Trinajstić information content (AvgIpc) is 2.67. The number of aromatic hydroxyl groups is 1. The summed E-state index contributed by atoms with van der Waals surface area (Å²) < 4.78 is 0. The number of hydrogen-bond donors (Lipinski definition) is 2. The van der Waals surface area contributed by atoms with Crippen LogP contribution in [0.1, 0.15) is 45.6 Å². The van der Waals surface area contributed by atoms with Crippen LogP contribution in [-0.2, 0) is 0 Å². The van der Waals surface area contributed by atoms with Crippen molar-refractivity contribution in [2.45, 2.75) is 53.0 Å². The van der Waals surface area contributed by atoms with Crippen LogP contribution in [0.4, 0.5) is 5.69 Å². The van der Waals surface area contributed by atoms with Gasteiger partial charge >= 0.3 is 0 Å². The molecule has 3 unspecified atom stereocenters. The molecule has 3 rings (SSSR count). The van der Waals surface area contributed by atoms with Gasteiger partial charge in [-0.05, 0) is 66.7 Å². The fourth-order valence-corrected chi connectivity index (χ4v) is 4.37. The van der Waals surface area contributed by atoms with Crippen LogP contribution in [-0.4, -0.2) is 11.1 Å². The molecular formula is C17H25NO. The summed E-state index contributed by atoms with van der Waals surface area (Å²) in [6, 6.07) is 6.39. The van der Waals surface area contributed by atoms with E-state index in [1.807, 2.05) is 13.0 Å². The van der Waals surface area contributed by atoms with Crippen molar-refractivity contribution in [2.24, 2.45) is 16.7 Å². The van der Waals surface area contributed by atoms with Crippen LogP contribution in [0, 0.1) is 23.7 Å². The van der Waals surface area contributed by atoms with Crippen molar-refractivity contribution < 1.29 is 5.11 Å². The van der Waals surface area contributed by atoms with E-state index in [4.69, 9.17) is 0 Å². The molecule has 19 heavy (non-hydrogen) atoms. The molecule has 2 saturated carbocycles. The van der Waals surface area contributed by atoms with Crippen molar-refractivity contribution in [1.82, 2.24) is 0 Å². The lowest BCUT2D eigenvalue weighted by atomic mass is 9.69. The molecule has 1 aromatic carbocycles. The molecule has 0 amide bonds. The van der Waals surface area contributed by atoms with Gasteiger partial charge in [0.15, 0.2) is 0 Å². The van der Waals surface area contributed by atoms with E-state index < -0.39 is 0 Å². The van der Waals surface area contributed by atoms with Gasteiger partial charge in [-0.3, -0.25) is 0 Å². The summed E-state index contributed by atoms with van der Waals surface area (Å²) in [6.07, 6.45) is 4.00. The number of aryl methyl sites for hydroxylation is 1. The largest absolute Gasteiger partial charge is 0.508 e. The monoisotopic (exact) mass is 259 g/mol. The number of benzene rings is 1. The standard InChI is InChI=1S/C17H25NO/c1-11-9-13(5-6-14(11)19)18-15-10-12-7-8-17(15,4)16(12,2)3/h5-6,9,12,15,18-19H,7-8,10H2,1-4H3. The highest BCUT2D eigenvalue weighted by Crippen LogP contribution is 2.65. The first-order chi connectivity index (χ1) is 8.84. The van der Waals surface area contributed by atoms with Gasteiger partial charge in [-0.2, -0.15) is 0 Å². The summed E-state index contributed by atoms with van der Waals surface area (Å²) in [5.74, 6) is 1.23. The zero-order valence-electron chi connectivity index (χ0n) is 12.5. The summed E-state index contributed by atoms with van der Waals surface area (Å²) in [7, 11) is 0. The predicted molar refractivity (Wildman–Crippen MR) is 79.5 cm³/mol. The van der Waals surface area contributed by atoms with E-state index in [0.717, 1.165) is 17.2 Å². The van der Waals surface area contributed by atoms with Crippen LogP contribution in [0.3, 0.4) is 0 Å². The molecule has 0 saturated heterocycles. The molecule has 0 radical (unpaired) electrons. The lowest BCUT2D eigenvalue weighted by molar-refractivity contribution is 0.142. The molecule has 0 aromatic heterocycles. The molecular weight excluding hydrogens is 234 g/mol. The fraction of sp³-hybridized carbons (Fsp3) is 0.647. The van der Waals surface area contributed by atoms with E-state index in [1.165, 1.54) is 19.3 Å². The molecule has 2 aliphatic carbocycles. The van der Waals surface area contributed by atoms with Gasteiger partial charge in [0.2, 0.25) is 0 Å². The Bertz CT molecular complexity index is 508. The Hall–Kier alpha value is -1.18. The number of rotatable bonds is 2. The number of nitrogens with one attached hydrogen (secondary N) is 1. The van der Waals surface area contributed by atoms with Crippen LogP contribution in [0.2, 0.25) is 0 Å². The average molecular weight is 259 g/mol. The molecule has 2 fully saturated rings. The molecule has 2 bridgehead atoms. The van der Waals surface area contributed by atoms with Crippen LogP contribution in [0.5, 0.6) is 5.75 Å². The second-order valence-corrected chi connectivity index (χ2v) is 7.31. The third-order valence-corrected chi connectivity index (χ3v) is 6.33. The van der Waals surface area contributed by atoms with Gasteiger partial charge in [0.1, 0.15) is 5.75 Å². The molecule has 2 heteroatoms. The van der Waals surface area contributed by atoms with Crippen molar-refractivity contribution in [3.63, 3.8) is 0 Å². The molecule has 0 aliphatic heterocycles. The summed E-state index contributed by atoms with van der Waals surface area (Å²) >= 11 is 0. The summed E-state index contributed by atoms with van der Waals surface area (Å²) in [5, 5.41) is 13.3. The minimum absolute atomic E-state index is 0.380. The highest BCUT2D eigenvalue weighted by atomic mass is 16.3. The normalized spacial score (nSPS) is 35.6. The zero-order chi connectivity index (χ0) is 13.8. The SMILES string of the molecule is Cc1cc(NC2CC3CCC2(C)C3(C)C)ccc1O. The van der Waals surface area contributed by atoms with Gasteiger partial charge in [0.05, 0.1) is 0 Å². The summed E-state index contributed by atoms with van der Waals surface area (Å²) in [4.78, 5) is 0. The molecule has 1 aromatic rings. The van der Waals surface area contributed by atoms with Gasteiger partial charge in [-0.25, -0.2) is 0 Å². The lowest BCUT2D eigenvalue weighted by Crippen LogP contribution is -2.40. The molecule has 2 aliphatic rings. The Morgan fingerprint density at radius 3 is 2.53 bits per heavy atom. The van der Waals surface area contributed by atoms with Crippen molar-refractivity contribution in [3.05, 3.63) is 23.8 Å². The Kier molecular flexibility index (Phi) is 2.64. The number of hydrogen-bond acceptors (Lipinski definition) is 2. The predicted octanol–water partition coefficient (Wildman–Crippen LogP) is 4.33. The molecule has 0 heterocycles. The maximum Gasteiger partial charge on any atom is 0.118 e. The van der Waals surface area contributed by atoms with E-state index >= 15 is 0 Å². The van der Waals surface area contributed by atoms with Gasteiger partial charge < -0.3 is 10.4 Å². The van der Waals surface area contributed by atoms with Gasteiger partial charge in [-0.1, -0.05) is 20.8 Å². The maximum absolute atomic E-state index is 9.62. The first kappa shape index (κ1) is 12.8. The summed E-state index contributed by atoms with van der Waals surface area (Å²) in [6.45, 7) is 9.28. The summed E-state index contributed by atoms with van der Waals surface area (Å²) in [5.41, 5.74) is 2.92. The van der Waals surface area contributed by atoms with Crippen LogP contribution >= 0.6 is 0 Å². The maximum atomic E-state index is 9.62. The van der Waals surface area contributed by atoms with Crippen molar-refractivity contribution in [3.8, 4) is 5.75 Å². The number of phenolic OH excluding ortho intramolecular Hbond substituents is 1. The Morgan fingerprint density at radius 1 is 1.26 bits per heavy atom. The molecule has 2 N–H and O–H groups in total. The molecule has 3 atom stereocenters.